The van der Waals surface area contributed by atoms with Gasteiger partial charge in [-0.1, -0.05) is 6.92 Å². The van der Waals surface area contributed by atoms with Crippen LogP contribution in [0, 0.1) is 5.92 Å². The Morgan fingerprint density at radius 1 is 1.71 bits per heavy atom. The lowest BCUT2D eigenvalue weighted by molar-refractivity contribution is 0.664. The van der Waals surface area contributed by atoms with Gasteiger partial charge in [-0.25, -0.2) is 0 Å². The highest BCUT2D eigenvalue weighted by molar-refractivity contribution is 7.85. The van der Waals surface area contributed by atoms with Crippen molar-refractivity contribution in [3.8, 4) is 0 Å². The zero-order valence-electron chi connectivity index (χ0n) is 4.52. The third-order valence-corrected chi connectivity index (χ3v) is 2.94. The molecule has 1 nitrogen and oxygen atoms in total. The molecule has 42 valence electrons. The molecule has 7 heavy (non-hydrogen) atoms. The van der Waals surface area contributed by atoms with E-state index in [1.54, 1.807) is 0 Å². The molecule has 0 radical (unpaired) electrons. The van der Waals surface area contributed by atoms with Gasteiger partial charge in [-0.05, 0) is 12.3 Å². The highest BCUT2D eigenvalue weighted by Gasteiger charge is 2.15. The van der Waals surface area contributed by atoms with Gasteiger partial charge >= 0.3 is 0 Å². The molecule has 1 rings (SSSR count). The van der Waals surface area contributed by atoms with Crippen LogP contribution in [0.25, 0.3) is 0 Å². The minimum absolute atomic E-state index is 0.453. The third kappa shape index (κ3) is 1.27. The van der Waals surface area contributed by atoms with Gasteiger partial charge < -0.3 is 0 Å². The highest BCUT2D eigenvalue weighted by Crippen LogP contribution is 2.12. The molecule has 1 saturated heterocycles. The Morgan fingerprint density at radius 2 is 2.43 bits per heavy atom. The predicted molar refractivity (Wildman–Crippen MR) is 31.7 cm³/mol. The van der Waals surface area contributed by atoms with Crippen LogP contribution in [-0.2, 0) is 10.8 Å². The Kier molecular flexibility index (Phi) is 1.47. The van der Waals surface area contributed by atoms with Crippen LogP contribution >= 0.6 is 0 Å². The van der Waals surface area contributed by atoms with Gasteiger partial charge in [0.25, 0.3) is 0 Å². The summed E-state index contributed by atoms with van der Waals surface area (Å²) in [4.78, 5) is 0. The molecule has 1 fully saturated rings. The van der Waals surface area contributed by atoms with Gasteiger partial charge in [0, 0.05) is 22.3 Å². The van der Waals surface area contributed by atoms with Gasteiger partial charge in [0.05, 0.1) is 0 Å². The van der Waals surface area contributed by atoms with Gasteiger partial charge in [0.2, 0.25) is 0 Å². The summed E-state index contributed by atoms with van der Waals surface area (Å²) in [6, 6.07) is 0. The molecule has 0 aromatic heterocycles. The minimum Gasteiger partial charge on any atom is -0.260 e. The van der Waals surface area contributed by atoms with Gasteiger partial charge in [0.1, 0.15) is 0 Å². The lowest BCUT2D eigenvalue weighted by atomic mass is 10.2. The summed E-state index contributed by atoms with van der Waals surface area (Å²) in [6.07, 6.45) is 1.17. The Labute approximate surface area is 46.6 Å². The first-order valence-corrected chi connectivity index (χ1v) is 4.13. The molecular weight excluding hydrogens is 108 g/mol. The van der Waals surface area contributed by atoms with E-state index < -0.39 is 10.8 Å². The predicted octanol–water partition coefficient (Wildman–Crippen LogP) is 0.775. The second kappa shape index (κ2) is 1.95. The van der Waals surface area contributed by atoms with E-state index in [0.29, 0.717) is 0 Å². The largest absolute Gasteiger partial charge is 0.260 e. The normalized spacial score (nSPS) is 41.9. The summed E-state index contributed by atoms with van der Waals surface area (Å²) in [6.45, 7) is 2.16. The number of rotatable bonds is 0. The molecule has 0 N–H and O–H groups in total. The molecule has 1 aliphatic rings. The van der Waals surface area contributed by atoms with E-state index in [4.69, 9.17) is 0 Å². The van der Waals surface area contributed by atoms with Crippen LogP contribution in [0.4, 0.5) is 0 Å². The van der Waals surface area contributed by atoms with Crippen molar-refractivity contribution in [2.45, 2.75) is 13.3 Å². The van der Waals surface area contributed by atoms with Crippen molar-refractivity contribution in [2.24, 2.45) is 5.92 Å². The van der Waals surface area contributed by atoms with Gasteiger partial charge in [-0.3, -0.25) is 4.21 Å². The maximum absolute atomic E-state index is 10.6. The maximum Gasteiger partial charge on any atom is 0.0260 e. The molecule has 1 unspecified atom stereocenters. The second-order valence-corrected chi connectivity index (χ2v) is 3.83. The molecule has 0 aromatic carbocycles. The zero-order valence-corrected chi connectivity index (χ0v) is 5.33. The molecule has 0 amide bonds. The fourth-order valence-electron chi connectivity index (χ4n) is 0.817. The monoisotopic (exact) mass is 118 g/mol. The first kappa shape index (κ1) is 5.29. The summed E-state index contributed by atoms with van der Waals surface area (Å²) in [5.41, 5.74) is 0. The molecule has 0 aromatic rings. The standard InChI is InChI=1S/C5H10OS/c1-5-2-3-7(6)4-5/h5H,2-4H2,1H3/t5-,7?/m1/s1. The van der Waals surface area contributed by atoms with Gasteiger partial charge in [0.15, 0.2) is 0 Å². The molecule has 0 saturated carbocycles. The van der Waals surface area contributed by atoms with Crippen molar-refractivity contribution in [3.63, 3.8) is 0 Å². The maximum atomic E-state index is 10.6. The lowest BCUT2D eigenvalue weighted by Gasteiger charge is -1.89. The summed E-state index contributed by atoms with van der Waals surface area (Å²) < 4.78 is 10.6. The van der Waals surface area contributed by atoms with E-state index >= 15 is 0 Å². The van der Waals surface area contributed by atoms with Crippen LogP contribution in [0.15, 0.2) is 0 Å². The number of hydrogen-bond donors (Lipinski definition) is 0. The van der Waals surface area contributed by atoms with E-state index in [0.717, 1.165) is 17.4 Å². The molecule has 1 heterocycles. The Bertz CT molecular complexity index is 90.1. The topological polar surface area (TPSA) is 17.1 Å². The summed E-state index contributed by atoms with van der Waals surface area (Å²) in [7, 11) is -0.453. The van der Waals surface area contributed by atoms with Crippen LogP contribution in [0.1, 0.15) is 13.3 Å². The van der Waals surface area contributed by atoms with E-state index in [9.17, 15) is 4.21 Å². The fourth-order valence-corrected chi connectivity index (χ4v) is 2.45. The lowest BCUT2D eigenvalue weighted by Crippen LogP contribution is -1.92. The third-order valence-electron chi connectivity index (χ3n) is 1.31. The van der Waals surface area contributed by atoms with Crippen LogP contribution in [0.2, 0.25) is 0 Å². The Balaban J connectivity index is 2.40. The SMILES string of the molecule is C[C@@H]1CCS(=O)C1. The van der Waals surface area contributed by atoms with Crippen molar-refractivity contribution >= 4 is 10.8 Å². The molecule has 0 bridgehead atoms. The second-order valence-electron chi connectivity index (χ2n) is 2.20. The minimum atomic E-state index is -0.453. The van der Waals surface area contributed by atoms with Crippen molar-refractivity contribution < 1.29 is 4.21 Å². The van der Waals surface area contributed by atoms with Crippen molar-refractivity contribution in [3.05, 3.63) is 0 Å². The van der Waals surface area contributed by atoms with E-state index in [-0.39, 0.29) is 0 Å². The zero-order chi connectivity index (χ0) is 5.28. The van der Waals surface area contributed by atoms with E-state index in [1.165, 1.54) is 6.42 Å². The first-order valence-electron chi connectivity index (χ1n) is 2.64. The van der Waals surface area contributed by atoms with Crippen molar-refractivity contribution in [2.75, 3.05) is 11.5 Å². The van der Waals surface area contributed by atoms with Crippen molar-refractivity contribution in [1.29, 1.82) is 0 Å². The molecule has 1 aliphatic heterocycles. The highest BCUT2D eigenvalue weighted by atomic mass is 32.2. The summed E-state index contributed by atoms with van der Waals surface area (Å²) in [5, 5.41) is 0. The molecule has 0 spiro atoms. The average molecular weight is 118 g/mol. The Morgan fingerprint density at radius 3 is 2.57 bits per heavy atom. The quantitative estimate of drug-likeness (QED) is 0.459. The smallest absolute Gasteiger partial charge is 0.0260 e. The molecule has 0 aliphatic carbocycles. The van der Waals surface area contributed by atoms with Crippen LogP contribution in [0.5, 0.6) is 0 Å². The fraction of sp³-hybridized carbons (Fsp3) is 1.00. The van der Waals surface area contributed by atoms with Crippen LogP contribution < -0.4 is 0 Å². The summed E-state index contributed by atoms with van der Waals surface area (Å²) in [5.74, 6) is 2.61. The Hall–Kier alpha value is 0.150. The van der Waals surface area contributed by atoms with E-state index in [2.05, 4.69) is 6.92 Å². The molecular formula is C5H10OS. The first-order chi connectivity index (χ1) is 3.29. The molecule has 2 atom stereocenters. The summed E-state index contributed by atoms with van der Waals surface area (Å²) >= 11 is 0. The van der Waals surface area contributed by atoms with Crippen LogP contribution in [-0.4, -0.2) is 15.7 Å². The van der Waals surface area contributed by atoms with Crippen LogP contribution in [0.3, 0.4) is 0 Å². The molecule has 2 heteroatoms. The van der Waals surface area contributed by atoms with Gasteiger partial charge in [-0.2, -0.15) is 0 Å². The van der Waals surface area contributed by atoms with E-state index in [1.807, 2.05) is 0 Å². The van der Waals surface area contributed by atoms with Gasteiger partial charge in [-0.15, -0.1) is 0 Å². The van der Waals surface area contributed by atoms with Crippen molar-refractivity contribution in [1.82, 2.24) is 0 Å². The number of hydrogen-bond acceptors (Lipinski definition) is 1. The average Bonchev–Trinajstić information content (AvgIpc) is 1.87.